The van der Waals surface area contributed by atoms with E-state index in [9.17, 15) is 14.7 Å². The van der Waals surface area contributed by atoms with Gasteiger partial charge >= 0.3 is 5.97 Å². The number of carboxylic acid groups (broad SMARTS) is 1. The Balaban J connectivity index is 1.87. The van der Waals surface area contributed by atoms with E-state index in [-0.39, 0.29) is 5.91 Å². The Labute approximate surface area is 151 Å². The molecule has 134 valence electrons. The number of carbonyl (C=O) groups is 2. The van der Waals surface area contributed by atoms with E-state index in [0.29, 0.717) is 22.8 Å². The first-order valence-electron chi connectivity index (χ1n) is 7.85. The van der Waals surface area contributed by atoms with Crippen LogP contribution in [0.1, 0.15) is 36.4 Å². The number of hydrogen-bond donors (Lipinski definition) is 2. The second kappa shape index (κ2) is 7.74. The van der Waals surface area contributed by atoms with Crippen molar-refractivity contribution in [2.24, 2.45) is 0 Å². The first-order valence-corrected chi connectivity index (χ1v) is 9.00. The van der Waals surface area contributed by atoms with Gasteiger partial charge < -0.3 is 14.9 Å². The lowest BCUT2D eigenvalue weighted by Crippen LogP contribution is -2.28. The number of anilines is 1. The monoisotopic (exact) mass is 362 g/mol. The second-order valence-corrected chi connectivity index (χ2v) is 7.34. The van der Waals surface area contributed by atoms with Crippen molar-refractivity contribution >= 4 is 29.3 Å². The van der Waals surface area contributed by atoms with Crippen LogP contribution in [0.4, 0.5) is 5.69 Å². The van der Waals surface area contributed by atoms with Crippen LogP contribution in [0.5, 0.6) is 0 Å². The molecular formula is C18H22N2O4S. The summed E-state index contributed by atoms with van der Waals surface area (Å²) >= 11 is 1.49. The molecule has 25 heavy (non-hydrogen) atoms. The molecule has 2 aromatic rings. The SMILES string of the molecule is Cc1noc(C)c1CSCC(=O)Nc1ccc(C(C)(C)C(=O)O)cc1. The van der Waals surface area contributed by atoms with Gasteiger partial charge in [-0.25, -0.2) is 0 Å². The van der Waals surface area contributed by atoms with Gasteiger partial charge in [-0.15, -0.1) is 11.8 Å². The third kappa shape index (κ3) is 4.63. The lowest BCUT2D eigenvalue weighted by Gasteiger charge is -2.19. The van der Waals surface area contributed by atoms with Crippen molar-refractivity contribution in [2.75, 3.05) is 11.1 Å². The summed E-state index contributed by atoms with van der Waals surface area (Å²) in [5.74, 6) is 0.760. The molecule has 2 rings (SSSR count). The number of aliphatic carboxylic acids is 1. The fourth-order valence-corrected chi connectivity index (χ4v) is 3.22. The molecule has 0 fully saturated rings. The second-order valence-electron chi connectivity index (χ2n) is 6.35. The number of thioether (sulfide) groups is 1. The van der Waals surface area contributed by atoms with Gasteiger partial charge in [-0.1, -0.05) is 17.3 Å². The van der Waals surface area contributed by atoms with Crippen LogP contribution in [0.3, 0.4) is 0 Å². The molecule has 0 saturated carbocycles. The van der Waals surface area contributed by atoms with Crippen molar-refractivity contribution in [3.05, 3.63) is 46.8 Å². The fourth-order valence-electron chi connectivity index (χ4n) is 2.24. The summed E-state index contributed by atoms with van der Waals surface area (Å²) in [5.41, 5.74) is 2.24. The number of carboxylic acids is 1. The maximum absolute atomic E-state index is 12.0. The van der Waals surface area contributed by atoms with Gasteiger partial charge in [-0.2, -0.15) is 0 Å². The van der Waals surface area contributed by atoms with E-state index in [1.54, 1.807) is 38.1 Å². The maximum Gasteiger partial charge on any atom is 0.313 e. The van der Waals surface area contributed by atoms with Crippen molar-refractivity contribution in [1.29, 1.82) is 0 Å². The lowest BCUT2D eigenvalue weighted by molar-refractivity contribution is -0.142. The standard InChI is InChI=1S/C18H22N2O4S/c1-11-15(12(2)24-20-11)9-25-10-16(21)19-14-7-5-13(6-8-14)18(3,4)17(22)23/h5-8H,9-10H2,1-4H3,(H,19,21)(H,22,23). The predicted octanol–water partition coefficient (Wildman–Crippen LogP) is 3.53. The van der Waals surface area contributed by atoms with Crippen molar-refractivity contribution in [3.63, 3.8) is 0 Å². The summed E-state index contributed by atoms with van der Waals surface area (Å²) in [6.45, 7) is 7.03. The van der Waals surface area contributed by atoms with E-state index in [1.807, 2.05) is 13.8 Å². The Morgan fingerprint density at radius 2 is 1.88 bits per heavy atom. The molecule has 0 spiro atoms. The molecule has 0 aliphatic rings. The Kier molecular flexibility index (Phi) is 5.89. The van der Waals surface area contributed by atoms with Gasteiger partial charge in [-0.3, -0.25) is 9.59 Å². The Morgan fingerprint density at radius 1 is 1.24 bits per heavy atom. The van der Waals surface area contributed by atoms with E-state index >= 15 is 0 Å². The molecule has 0 saturated heterocycles. The minimum atomic E-state index is -0.966. The average Bonchev–Trinajstić information content (AvgIpc) is 2.87. The number of aromatic nitrogens is 1. The van der Waals surface area contributed by atoms with E-state index in [4.69, 9.17) is 4.52 Å². The molecule has 1 aromatic heterocycles. The number of rotatable bonds is 7. The van der Waals surface area contributed by atoms with Crippen molar-refractivity contribution in [2.45, 2.75) is 38.9 Å². The molecule has 0 atom stereocenters. The minimum absolute atomic E-state index is 0.109. The summed E-state index contributed by atoms with van der Waals surface area (Å²) in [6.07, 6.45) is 0. The largest absolute Gasteiger partial charge is 0.481 e. The zero-order valence-corrected chi connectivity index (χ0v) is 15.6. The van der Waals surface area contributed by atoms with Crippen molar-refractivity contribution in [1.82, 2.24) is 5.16 Å². The van der Waals surface area contributed by atoms with E-state index in [0.717, 1.165) is 17.0 Å². The number of benzene rings is 1. The van der Waals surface area contributed by atoms with E-state index in [1.165, 1.54) is 11.8 Å². The molecule has 0 unspecified atom stereocenters. The molecule has 1 aromatic carbocycles. The molecule has 0 radical (unpaired) electrons. The zero-order chi connectivity index (χ0) is 18.6. The third-order valence-electron chi connectivity index (χ3n) is 4.09. The number of carbonyl (C=O) groups excluding carboxylic acids is 1. The quantitative estimate of drug-likeness (QED) is 0.783. The highest BCUT2D eigenvalue weighted by Gasteiger charge is 2.29. The highest BCUT2D eigenvalue weighted by atomic mass is 32.2. The minimum Gasteiger partial charge on any atom is -0.481 e. The van der Waals surface area contributed by atoms with Crippen LogP contribution in [0.25, 0.3) is 0 Å². The van der Waals surface area contributed by atoms with Crippen LogP contribution in [-0.2, 0) is 20.8 Å². The number of hydrogen-bond acceptors (Lipinski definition) is 5. The van der Waals surface area contributed by atoms with Crippen LogP contribution in [-0.4, -0.2) is 27.9 Å². The molecule has 0 bridgehead atoms. The number of aryl methyl sites for hydroxylation is 2. The lowest BCUT2D eigenvalue weighted by atomic mass is 9.85. The van der Waals surface area contributed by atoms with Gasteiger partial charge in [0.25, 0.3) is 0 Å². The molecule has 1 amide bonds. The Hall–Kier alpha value is -2.28. The van der Waals surface area contributed by atoms with Gasteiger partial charge in [0.15, 0.2) is 0 Å². The molecule has 6 nitrogen and oxygen atoms in total. The first-order chi connectivity index (χ1) is 11.7. The summed E-state index contributed by atoms with van der Waals surface area (Å²) in [7, 11) is 0. The normalized spacial score (nSPS) is 11.4. The van der Waals surface area contributed by atoms with Gasteiger partial charge in [0.2, 0.25) is 5.91 Å². The Morgan fingerprint density at radius 3 is 2.40 bits per heavy atom. The number of nitrogens with zero attached hydrogens (tertiary/aromatic N) is 1. The first kappa shape index (κ1) is 19.1. The van der Waals surface area contributed by atoms with Crippen LogP contribution in [0, 0.1) is 13.8 Å². The van der Waals surface area contributed by atoms with E-state index < -0.39 is 11.4 Å². The summed E-state index contributed by atoms with van der Waals surface area (Å²) in [5, 5.41) is 15.9. The maximum atomic E-state index is 12.0. The number of amides is 1. The fraction of sp³-hybridized carbons (Fsp3) is 0.389. The summed E-state index contributed by atoms with van der Waals surface area (Å²) < 4.78 is 5.10. The van der Waals surface area contributed by atoms with Gasteiger partial charge in [0.05, 0.1) is 16.9 Å². The topological polar surface area (TPSA) is 92.4 Å². The molecule has 0 aliphatic carbocycles. The Bertz CT molecular complexity index is 746. The molecular weight excluding hydrogens is 340 g/mol. The van der Waals surface area contributed by atoms with Gasteiger partial charge in [0.1, 0.15) is 5.76 Å². The average molecular weight is 362 g/mol. The summed E-state index contributed by atoms with van der Waals surface area (Å²) in [6, 6.07) is 6.88. The molecule has 0 aliphatic heterocycles. The molecule has 2 N–H and O–H groups in total. The van der Waals surface area contributed by atoms with Gasteiger partial charge in [-0.05, 0) is 45.4 Å². The molecule has 7 heteroatoms. The third-order valence-corrected chi connectivity index (χ3v) is 5.04. The highest BCUT2D eigenvalue weighted by molar-refractivity contribution is 7.99. The van der Waals surface area contributed by atoms with Crippen molar-refractivity contribution < 1.29 is 19.2 Å². The van der Waals surface area contributed by atoms with Crippen LogP contribution < -0.4 is 5.32 Å². The van der Waals surface area contributed by atoms with E-state index in [2.05, 4.69) is 10.5 Å². The predicted molar refractivity (Wildman–Crippen MR) is 97.9 cm³/mol. The van der Waals surface area contributed by atoms with Crippen LogP contribution in [0.15, 0.2) is 28.8 Å². The van der Waals surface area contributed by atoms with Crippen molar-refractivity contribution in [3.8, 4) is 0 Å². The highest BCUT2D eigenvalue weighted by Crippen LogP contribution is 2.25. The number of nitrogens with one attached hydrogen (secondary N) is 1. The zero-order valence-electron chi connectivity index (χ0n) is 14.8. The molecule has 1 heterocycles. The smallest absolute Gasteiger partial charge is 0.313 e. The van der Waals surface area contributed by atoms with Crippen LogP contribution >= 0.6 is 11.8 Å². The summed E-state index contributed by atoms with van der Waals surface area (Å²) in [4.78, 5) is 23.3. The van der Waals surface area contributed by atoms with Gasteiger partial charge in [0, 0.05) is 17.0 Å². The van der Waals surface area contributed by atoms with Crippen LogP contribution in [0.2, 0.25) is 0 Å².